The van der Waals surface area contributed by atoms with Gasteiger partial charge in [-0.25, -0.2) is 17.6 Å². The Morgan fingerprint density at radius 2 is 0.973 bits per heavy atom. The summed E-state index contributed by atoms with van der Waals surface area (Å²) in [5.41, 5.74) is 1.26. The molecule has 0 spiro atoms. The van der Waals surface area contributed by atoms with E-state index in [0.29, 0.717) is 23.0 Å². The Labute approximate surface area is 220 Å². The lowest BCUT2D eigenvalue weighted by Crippen LogP contribution is -2.28. The maximum Gasteiger partial charge on any atom is 0.159 e. The quantitative estimate of drug-likeness (QED) is 0.284. The van der Waals surface area contributed by atoms with Crippen LogP contribution in [0.2, 0.25) is 0 Å². The number of hydrogen-bond donors (Lipinski definition) is 0. The third kappa shape index (κ3) is 7.16. The fourth-order valence-corrected chi connectivity index (χ4v) is 6.84. The van der Waals surface area contributed by atoms with E-state index >= 15 is 0 Å². The van der Waals surface area contributed by atoms with Gasteiger partial charge in [0.1, 0.15) is 0 Å². The van der Waals surface area contributed by atoms with Gasteiger partial charge in [0.25, 0.3) is 0 Å². The van der Waals surface area contributed by atoms with Gasteiger partial charge in [-0.2, -0.15) is 0 Å². The van der Waals surface area contributed by atoms with Crippen molar-refractivity contribution in [2.45, 2.75) is 103 Å². The second-order valence-corrected chi connectivity index (χ2v) is 11.5. The fourth-order valence-electron chi connectivity index (χ4n) is 6.84. The number of halogens is 4. The van der Waals surface area contributed by atoms with Crippen LogP contribution in [-0.2, 0) is 4.74 Å². The summed E-state index contributed by atoms with van der Waals surface area (Å²) in [6.45, 7) is 4.42. The van der Waals surface area contributed by atoms with Gasteiger partial charge in [-0.1, -0.05) is 77.3 Å². The van der Waals surface area contributed by atoms with Crippen LogP contribution in [0.4, 0.5) is 17.6 Å². The largest absolute Gasteiger partial charge is 0.365 e. The maximum absolute atomic E-state index is 14.4. The van der Waals surface area contributed by atoms with Gasteiger partial charge in [-0.15, -0.1) is 0 Å². The molecular weight excluding hydrogens is 476 g/mol. The molecule has 204 valence electrons. The zero-order chi connectivity index (χ0) is 26.4. The van der Waals surface area contributed by atoms with Gasteiger partial charge in [0.15, 0.2) is 23.3 Å². The van der Waals surface area contributed by atoms with Gasteiger partial charge in [-0.05, 0) is 84.7 Å². The van der Waals surface area contributed by atoms with E-state index in [1.807, 2.05) is 0 Å². The molecule has 0 saturated heterocycles. The first kappa shape index (κ1) is 28.1. The van der Waals surface area contributed by atoms with Crippen LogP contribution in [0.5, 0.6) is 0 Å². The van der Waals surface area contributed by atoms with Crippen LogP contribution in [-0.4, -0.2) is 0 Å². The predicted octanol–water partition coefficient (Wildman–Crippen LogP) is 10.3. The number of benzene rings is 2. The lowest BCUT2D eigenvalue weighted by molar-refractivity contribution is -0.0909. The van der Waals surface area contributed by atoms with Crippen molar-refractivity contribution in [3.8, 4) is 0 Å². The summed E-state index contributed by atoms with van der Waals surface area (Å²) in [4.78, 5) is 0. The topological polar surface area (TPSA) is 9.23 Å². The fraction of sp³-hybridized carbons (Fsp3) is 0.625. The maximum atomic E-state index is 14.4. The van der Waals surface area contributed by atoms with Crippen molar-refractivity contribution < 1.29 is 22.3 Å². The average molecular weight is 519 g/mol. The van der Waals surface area contributed by atoms with Crippen LogP contribution in [0.25, 0.3) is 0 Å². The Morgan fingerprint density at radius 1 is 0.595 bits per heavy atom. The summed E-state index contributed by atoms with van der Waals surface area (Å²) >= 11 is 0. The summed E-state index contributed by atoms with van der Waals surface area (Å²) in [5, 5.41) is 0. The molecular formula is C32H42F4O. The minimum atomic E-state index is -0.879. The van der Waals surface area contributed by atoms with Crippen molar-refractivity contribution in [2.75, 3.05) is 0 Å². The monoisotopic (exact) mass is 518 g/mol. The zero-order valence-corrected chi connectivity index (χ0v) is 22.3. The second kappa shape index (κ2) is 13.3. The summed E-state index contributed by atoms with van der Waals surface area (Å²) in [7, 11) is 0. The molecule has 2 unspecified atom stereocenters. The molecule has 0 aliphatic heterocycles. The minimum Gasteiger partial charge on any atom is -0.365 e. The summed E-state index contributed by atoms with van der Waals surface area (Å²) in [6.07, 6.45) is 12.1. The van der Waals surface area contributed by atoms with Crippen molar-refractivity contribution in [3.63, 3.8) is 0 Å². The first-order valence-corrected chi connectivity index (χ1v) is 14.4. The van der Waals surface area contributed by atoms with E-state index in [2.05, 4.69) is 13.8 Å². The van der Waals surface area contributed by atoms with E-state index in [1.165, 1.54) is 37.1 Å². The highest BCUT2D eigenvalue weighted by molar-refractivity contribution is 5.24. The zero-order valence-electron chi connectivity index (χ0n) is 22.3. The van der Waals surface area contributed by atoms with Crippen LogP contribution < -0.4 is 0 Å². The number of hydrogen-bond acceptors (Lipinski definition) is 1. The Hall–Kier alpha value is -1.88. The van der Waals surface area contributed by atoms with E-state index < -0.39 is 35.5 Å². The summed E-state index contributed by atoms with van der Waals surface area (Å²) in [6, 6.07) is 8.12. The molecule has 0 amide bonds. The molecule has 4 rings (SSSR count). The van der Waals surface area contributed by atoms with E-state index in [4.69, 9.17) is 4.74 Å². The van der Waals surface area contributed by atoms with Gasteiger partial charge < -0.3 is 4.74 Å². The highest BCUT2D eigenvalue weighted by Crippen LogP contribution is 2.47. The second-order valence-electron chi connectivity index (χ2n) is 11.5. The lowest BCUT2D eigenvalue weighted by Gasteiger charge is -2.40. The van der Waals surface area contributed by atoms with Crippen LogP contribution >= 0.6 is 0 Å². The van der Waals surface area contributed by atoms with E-state index in [9.17, 15) is 17.6 Å². The molecule has 2 fully saturated rings. The molecule has 0 bridgehead atoms. The van der Waals surface area contributed by atoms with E-state index in [1.54, 1.807) is 12.1 Å². The SMILES string of the molecule is CCCC1CCC(C(OC(c2ccc(F)c(F)c2)C2CCC(CCC)CC2)c2ccc(F)c(F)c2)CC1. The highest BCUT2D eigenvalue weighted by Gasteiger charge is 2.36. The molecule has 2 atom stereocenters. The molecule has 2 saturated carbocycles. The molecule has 2 aromatic rings. The lowest BCUT2D eigenvalue weighted by atomic mass is 9.75. The molecule has 0 radical (unpaired) electrons. The normalized spacial score (nSPS) is 26.1. The number of ether oxygens (including phenoxy) is 1. The molecule has 0 aromatic heterocycles. The van der Waals surface area contributed by atoms with Gasteiger partial charge in [0.05, 0.1) is 12.2 Å². The van der Waals surface area contributed by atoms with E-state index in [0.717, 1.165) is 64.2 Å². The van der Waals surface area contributed by atoms with Crippen molar-refractivity contribution in [3.05, 3.63) is 70.8 Å². The standard InChI is InChI=1S/C32H42F4O/c1-3-5-21-7-11-23(12-8-21)31(25-15-17-27(33)29(35)19-25)37-32(26-16-18-28(34)30(36)20-26)24-13-9-22(6-4-2)10-14-24/h15-24,31-32H,3-14H2,1-2H3. The Morgan fingerprint density at radius 3 is 1.30 bits per heavy atom. The first-order valence-electron chi connectivity index (χ1n) is 14.4. The third-order valence-electron chi connectivity index (χ3n) is 8.87. The van der Waals surface area contributed by atoms with Crippen LogP contribution in [0.3, 0.4) is 0 Å². The average Bonchev–Trinajstić information content (AvgIpc) is 2.90. The molecule has 0 heterocycles. The van der Waals surface area contributed by atoms with Crippen molar-refractivity contribution in [1.82, 2.24) is 0 Å². The minimum absolute atomic E-state index is 0.169. The van der Waals surface area contributed by atoms with Crippen LogP contribution in [0.1, 0.15) is 114 Å². The highest BCUT2D eigenvalue weighted by atomic mass is 19.2. The molecule has 2 aromatic carbocycles. The molecule has 2 aliphatic rings. The van der Waals surface area contributed by atoms with Gasteiger partial charge in [0.2, 0.25) is 0 Å². The molecule has 5 heteroatoms. The predicted molar refractivity (Wildman–Crippen MR) is 140 cm³/mol. The van der Waals surface area contributed by atoms with Crippen molar-refractivity contribution >= 4 is 0 Å². The number of rotatable bonds is 10. The molecule has 0 N–H and O–H groups in total. The first-order chi connectivity index (χ1) is 17.9. The van der Waals surface area contributed by atoms with Crippen molar-refractivity contribution in [1.29, 1.82) is 0 Å². The van der Waals surface area contributed by atoms with E-state index in [-0.39, 0.29) is 11.8 Å². The molecule has 1 nitrogen and oxygen atoms in total. The Bertz CT molecular complexity index is 913. The molecule has 2 aliphatic carbocycles. The summed E-state index contributed by atoms with van der Waals surface area (Å²) in [5.74, 6) is -1.78. The summed E-state index contributed by atoms with van der Waals surface area (Å²) < 4.78 is 63.3. The van der Waals surface area contributed by atoms with Gasteiger partial charge >= 0.3 is 0 Å². The third-order valence-corrected chi connectivity index (χ3v) is 8.87. The smallest absolute Gasteiger partial charge is 0.159 e. The van der Waals surface area contributed by atoms with Crippen molar-refractivity contribution in [2.24, 2.45) is 23.7 Å². The van der Waals surface area contributed by atoms with Crippen LogP contribution in [0, 0.1) is 46.9 Å². The van der Waals surface area contributed by atoms with Crippen LogP contribution in [0.15, 0.2) is 36.4 Å². The Balaban J connectivity index is 1.64. The van der Waals surface area contributed by atoms with Gasteiger partial charge in [-0.3, -0.25) is 0 Å². The molecule has 37 heavy (non-hydrogen) atoms. The Kier molecular flexibility index (Phi) is 10.1. The van der Waals surface area contributed by atoms with Gasteiger partial charge in [0, 0.05) is 0 Å².